The molecule has 0 atom stereocenters. The molecule has 0 aliphatic carbocycles. The zero-order valence-corrected chi connectivity index (χ0v) is 24.6. The van der Waals surface area contributed by atoms with Crippen molar-refractivity contribution in [2.45, 2.75) is 115 Å². The second-order valence-electron chi connectivity index (χ2n) is 7.04. The van der Waals surface area contributed by atoms with Gasteiger partial charge < -0.3 is 0 Å². The minimum Gasteiger partial charge on any atom is -0.0683 e. The van der Waals surface area contributed by atoms with Crippen LogP contribution in [0.15, 0.2) is 84.9 Å². The Kier molecular flexibility index (Phi) is 59.5. The molecule has 3 aromatic carbocycles. The summed E-state index contributed by atoms with van der Waals surface area (Å²) in [6.45, 7) is 25.2. The molecule has 0 radical (unpaired) electrons. The summed E-state index contributed by atoms with van der Waals surface area (Å²) in [4.78, 5) is 0. The van der Waals surface area contributed by atoms with Crippen LogP contribution in [-0.4, -0.2) is 0 Å². The Labute approximate surface area is 210 Å². The van der Waals surface area contributed by atoms with E-state index in [0.29, 0.717) is 0 Å². The lowest BCUT2D eigenvalue weighted by Crippen LogP contribution is -1.67. The fraction of sp³-hybridized carbons (Fsp3) is 0.515. The van der Waals surface area contributed by atoms with Gasteiger partial charge in [0.1, 0.15) is 0 Å². The van der Waals surface area contributed by atoms with Crippen LogP contribution >= 0.6 is 0 Å². The van der Waals surface area contributed by atoms with E-state index in [1.807, 2.05) is 50.2 Å². The molecule has 0 unspecified atom stereocenters. The zero-order valence-electron chi connectivity index (χ0n) is 24.6. The second kappa shape index (κ2) is 47.6. The van der Waals surface area contributed by atoms with Crippen LogP contribution in [0.3, 0.4) is 0 Å². The van der Waals surface area contributed by atoms with Crippen LogP contribution in [0.1, 0.15) is 115 Å². The van der Waals surface area contributed by atoms with Gasteiger partial charge in [-0.2, -0.15) is 0 Å². The SMILES string of the molecule is CC.CCC.CCC.CCC.CCC.CCC.c1ccc2ccccc2c1.c1ccccc1. The molecule has 0 heterocycles. The summed E-state index contributed by atoms with van der Waals surface area (Å²) < 4.78 is 0. The predicted molar refractivity (Wildman–Crippen MR) is 162 cm³/mol. The lowest BCUT2D eigenvalue weighted by molar-refractivity contribution is 1.09. The molecule has 0 bridgehead atoms. The minimum absolute atomic E-state index is 1.25. The van der Waals surface area contributed by atoms with Crippen molar-refractivity contribution in [3.63, 3.8) is 0 Å². The number of hydrogen-bond donors (Lipinski definition) is 0. The van der Waals surface area contributed by atoms with Gasteiger partial charge >= 0.3 is 0 Å². The van der Waals surface area contributed by atoms with Crippen LogP contribution < -0.4 is 0 Å². The van der Waals surface area contributed by atoms with E-state index in [4.69, 9.17) is 0 Å². The molecule has 3 aromatic rings. The van der Waals surface area contributed by atoms with E-state index in [2.05, 4.69) is 118 Å². The van der Waals surface area contributed by atoms with Gasteiger partial charge in [-0.3, -0.25) is 0 Å². The molecule has 0 aliphatic heterocycles. The van der Waals surface area contributed by atoms with Crippen molar-refractivity contribution in [2.75, 3.05) is 0 Å². The smallest absolute Gasteiger partial charge is 0.0184 e. The van der Waals surface area contributed by atoms with Gasteiger partial charge in [0.15, 0.2) is 0 Å². The third kappa shape index (κ3) is 48.5. The maximum Gasteiger partial charge on any atom is -0.0184 e. The molecule has 0 fully saturated rings. The Balaban J connectivity index is -0.0000000995. The zero-order chi connectivity index (χ0) is 26.6. The van der Waals surface area contributed by atoms with Gasteiger partial charge in [-0.15, -0.1) is 0 Å². The van der Waals surface area contributed by atoms with Gasteiger partial charge in [0.05, 0.1) is 0 Å². The molecule has 0 spiro atoms. The van der Waals surface area contributed by atoms with Crippen molar-refractivity contribution in [3.05, 3.63) is 84.9 Å². The van der Waals surface area contributed by atoms with Gasteiger partial charge in [-0.05, 0) is 10.8 Å². The highest BCUT2D eigenvalue weighted by atomic mass is 13.9. The molecule has 33 heavy (non-hydrogen) atoms. The van der Waals surface area contributed by atoms with Crippen LogP contribution in [0, 0.1) is 0 Å². The third-order valence-corrected chi connectivity index (χ3v) is 2.33. The third-order valence-electron chi connectivity index (χ3n) is 2.33. The molecule has 0 N–H and O–H groups in total. The highest BCUT2D eigenvalue weighted by Gasteiger charge is 1.85. The molecular weight excluding hydrogens is 396 g/mol. The molecule has 0 saturated carbocycles. The lowest BCUT2D eigenvalue weighted by Gasteiger charge is -1.92. The van der Waals surface area contributed by atoms with Crippen molar-refractivity contribution < 1.29 is 0 Å². The number of benzene rings is 3. The van der Waals surface area contributed by atoms with Crippen LogP contribution in [0.2, 0.25) is 0 Å². The standard InChI is InChI=1S/C10H8.C6H6.5C3H8.C2H6/c1-2-6-10-8-4-3-7-9(10)5-1;1-2-4-6-5-3-1;5*1-3-2;1-2/h1-8H;1-6H;5*3H2,1-2H3;1-2H3. The first-order valence-corrected chi connectivity index (χ1v) is 13.5. The summed E-state index contributed by atoms with van der Waals surface area (Å²) in [6, 6.07) is 28.7. The van der Waals surface area contributed by atoms with E-state index in [-0.39, 0.29) is 0 Å². The van der Waals surface area contributed by atoms with Gasteiger partial charge in [0.25, 0.3) is 0 Å². The first-order valence-electron chi connectivity index (χ1n) is 13.5. The van der Waals surface area contributed by atoms with Crippen LogP contribution in [0.25, 0.3) is 10.8 Å². The van der Waals surface area contributed by atoms with Crippen LogP contribution in [-0.2, 0) is 0 Å². The summed E-state index contributed by atoms with van der Waals surface area (Å²) in [5, 5.41) is 2.62. The number of rotatable bonds is 0. The second-order valence-corrected chi connectivity index (χ2v) is 7.04. The minimum atomic E-state index is 1.25. The fourth-order valence-electron chi connectivity index (χ4n) is 1.52. The summed E-state index contributed by atoms with van der Waals surface area (Å²) in [7, 11) is 0. The Morgan fingerprint density at radius 1 is 0.303 bits per heavy atom. The highest BCUT2D eigenvalue weighted by Crippen LogP contribution is 2.11. The maximum atomic E-state index is 2.12. The summed E-state index contributed by atoms with van der Waals surface area (Å²) in [5.74, 6) is 0. The van der Waals surface area contributed by atoms with Crippen molar-refractivity contribution in [1.82, 2.24) is 0 Å². The average Bonchev–Trinajstić information content (AvgIpc) is 2.85. The first-order chi connectivity index (χ1) is 16.0. The van der Waals surface area contributed by atoms with Crippen molar-refractivity contribution in [2.24, 2.45) is 0 Å². The van der Waals surface area contributed by atoms with Crippen molar-refractivity contribution in [3.8, 4) is 0 Å². The van der Waals surface area contributed by atoms with Crippen LogP contribution in [0.4, 0.5) is 0 Å². The first kappa shape index (κ1) is 41.2. The van der Waals surface area contributed by atoms with Gasteiger partial charge in [-0.25, -0.2) is 0 Å². The van der Waals surface area contributed by atoms with E-state index >= 15 is 0 Å². The Morgan fingerprint density at radius 3 is 0.545 bits per heavy atom. The van der Waals surface area contributed by atoms with E-state index in [1.54, 1.807) is 0 Å². The highest BCUT2D eigenvalue weighted by molar-refractivity contribution is 5.81. The molecule has 0 amide bonds. The van der Waals surface area contributed by atoms with Crippen LogP contribution in [0.5, 0.6) is 0 Å². The van der Waals surface area contributed by atoms with Gasteiger partial charge in [0.2, 0.25) is 0 Å². The van der Waals surface area contributed by atoms with E-state index in [1.165, 1.54) is 42.9 Å². The number of fused-ring (bicyclic) bond motifs is 1. The Hall–Kier alpha value is -2.08. The van der Waals surface area contributed by atoms with Crippen molar-refractivity contribution in [1.29, 1.82) is 0 Å². The molecule has 192 valence electrons. The average molecular weight is 457 g/mol. The fourth-order valence-corrected chi connectivity index (χ4v) is 1.52. The normalized spacial score (nSPS) is 7.39. The van der Waals surface area contributed by atoms with Gasteiger partial charge in [0, 0.05) is 0 Å². The maximum absolute atomic E-state index is 2.12. The van der Waals surface area contributed by atoms with E-state index in [0.717, 1.165) is 0 Å². The Bertz CT molecular complexity index is 495. The molecule has 0 aliphatic rings. The quantitative estimate of drug-likeness (QED) is 0.315. The summed E-state index contributed by atoms with van der Waals surface area (Å²) in [6.07, 6.45) is 6.25. The Morgan fingerprint density at radius 2 is 0.424 bits per heavy atom. The summed E-state index contributed by atoms with van der Waals surface area (Å²) in [5.41, 5.74) is 0. The monoisotopic (exact) mass is 456 g/mol. The number of hydrogen-bond acceptors (Lipinski definition) is 0. The molecule has 0 heteroatoms. The van der Waals surface area contributed by atoms with Crippen molar-refractivity contribution >= 4 is 10.8 Å². The van der Waals surface area contributed by atoms with Gasteiger partial charge in [-0.1, -0.05) is 200 Å². The molecule has 0 saturated heterocycles. The lowest BCUT2D eigenvalue weighted by atomic mass is 10.1. The summed E-state index contributed by atoms with van der Waals surface area (Å²) >= 11 is 0. The molecule has 0 nitrogen and oxygen atoms in total. The topological polar surface area (TPSA) is 0 Å². The molecular formula is C33H60. The van der Waals surface area contributed by atoms with E-state index in [9.17, 15) is 0 Å². The predicted octanol–water partition coefficient (Wildman–Crippen LogP) is 12.6. The molecule has 3 rings (SSSR count). The van der Waals surface area contributed by atoms with E-state index < -0.39 is 0 Å². The molecule has 0 aromatic heterocycles. The largest absolute Gasteiger partial charge is 0.0683 e.